The Hall–Kier alpha value is -0.200. The van der Waals surface area contributed by atoms with E-state index in [-0.39, 0.29) is 0 Å². The van der Waals surface area contributed by atoms with Crippen molar-refractivity contribution in [2.24, 2.45) is 11.5 Å². The number of rotatable bonds is 8. The lowest BCUT2D eigenvalue weighted by atomic mass is 10.2. The highest BCUT2D eigenvalue weighted by Crippen LogP contribution is 2.01. The Morgan fingerprint density at radius 2 is 1.20 bits per heavy atom. The van der Waals surface area contributed by atoms with Crippen LogP contribution in [0.5, 0.6) is 0 Å². The fourth-order valence-corrected chi connectivity index (χ4v) is 1.52. The molecule has 0 radical (unpaired) electrons. The lowest BCUT2D eigenvalue weighted by Crippen LogP contribution is -2.53. The van der Waals surface area contributed by atoms with Crippen molar-refractivity contribution in [1.29, 1.82) is 0 Å². The molecule has 0 bridgehead atoms. The molecule has 0 heterocycles. The summed E-state index contributed by atoms with van der Waals surface area (Å²) in [5, 5.41) is 3.55. The molecule has 0 saturated carbocycles. The van der Waals surface area contributed by atoms with E-state index in [2.05, 4.69) is 43.3 Å². The van der Waals surface area contributed by atoms with Gasteiger partial charge in [0, 0.05) is 0 Å². The van der Waals surface area contributed by atoms with Gasteiger partial charge in [0.05, 0.1) is 12.3 Å². The predicted molar refractivity (Wildman–Crippen MR) is 65.4 cm³/mol. The van der Waals surface area contributed by atoms with Crippen molar-refractivity contribution in [3.8, 4) is 0 Å². The van der Waals surface area contributed by atoms with Crippen molar-refractivity contribution >= 4 is 0 Å². The Bertz CT molecular complexity index is 133. The standard InChI is InChI=1S/C10H27N5/c1-14(2)9(5-7-11)13-10(6-8-12)15(3)4/h9-10,13H,5-8,11-12H2,1-4H3. The van der Waals surface area contributed by atoms with Gasteiger partial charge in [0.25, 0.3) is 0 Å². The molecule has 0 aromatic heterocycles. The predicted octanol–water partition coefficient (Wildman–Crippen LogP) is -0.951. The van der Waals surface area contributed by atoms with Crippen LogP contribution < -0.4 is 16.8 Å². The zero-order valence-corrected chi connectivity index (χ0v) is 10.5. The van der Waals surface area contributed by atoms with Gasteiger partial charge < -0.3 is 11.5 Å². The Kier molecular flexibility index (Phi) is 7.90. The van der Waals surface area contributed by atoms with Crippen LogP contribution in [0, 0.1) is 0 Å². The SMILES string of the molecule is CN(C)C(CCN)NC(CCN)N(C)C. The second-order valence-electron chi connectivity index (χ2n) is 4.28. The molecule has 0 aromatic carbocycles. The van der Waals surface area contributed by atoms with E-state index in [0.29, 0.717) is 25.4 Å². The summed E-state index contributed by atoms with van der Waals surface area (Å²) in [5.41, 5.74) is 11.2. The molecule has 0 aliphatic carbocycles. The first-order valence-corrected chi connectivity index (χ1v) is 5.52. The normalized spacial score (nSPS) is 16.0. The summed E-state index contributed by atoms with van der Waals surface area (Å²) >= 11 is 0. The van der Waals surface area contributed by atoms with E-state index in [0.717, 1.165) is 12.8 Å². The van der Waals surface area contributed by atoms with E-state index in [1.807, 2.05) is 0 Å². The van der Waals surface area contributed by atoms with Gasteiger partial charge in [0.15, 0.2) is 0 Å². The van der Waals surface area contributed by atoms with Gasteiger partial charge in [0.1, 0.15) is 0 Å². The summed E-state index contributed by atoms with van der Waals surface area (Å²) in [4.78, 5) is 4.31. The third kappa shape index (κ3) is 6.06. The number of nitrogens with one attached hydrogen (secondary N) is 1. The van der Waals surface area contributed by atoms with Gasteiger partial charge in [-0.05, 0) is 54.1 Å². The van der Waals surface area contributed by atoms with E-state index in [1.54, 1.807) is 0 Å². The average molecular weight is 217 g/mol. The van der Waals surface area contributed by atoms with Crippen LogP contribution in [-0.2, 0) is 0 Å². The quantitative estimate of drug-likeness (QED) is 0.457. The third-order valence-corrected chi connectivity index (χ3v) is 2.51. The summed E-state index contributed by atoms with van der Waals surface area (Å²) in [6.45, 7) is 1.39. The van der Waals surface area contributed by atoms with Crippen LogP contribution in [0.25, 0.3) is 0 Å². The third-order valence-electron chi connectivity index (χ3n) is 2.51. The van der Waals surface area contributed by atoms with Gasteiger partial charge in [0.2, 0.25) is 0 Å². The molecule has 5 heteroatoms. The molecule has 5 N–H and O–H groups in total. The first-order valence-electron chi connectivity index (χ1n) is 5.52. The zero-order chi connectivity index (χ0) is 11.8. The molecule has 5 nitrogen and oxygen atoms in total. The van der Waals surface area contributed by atoms with Crippen molar-refractivity contribution < 1.29 is 0 Å². The van der Waals surface area contributed by atoms with Crippen LogP contribution >= 0.6 is 0 Å². The molecule has 15 heavy (non-hydrogen) atoms. The minimum absolute atomic E-state index is 0.314. The summed E-state index contributed by atoms with van der Waals surface area (Å²) in [5.74, 6) is 0. The maximum absolute atomic E-state index is 5.59. The number of nitrogens with two attached hydrogens (primary N) is 2. The van der Waals surface area contributed by atoms with Crippen LogP contribution in [-0.4, -0.2) is 63.4 Å². The molecule has 0 aromatic rings. The molecule has 0 aliphatic rings. The summed E-state index contributed by atoms with van der Waals surface area (Å²) in [7, 11) is 8.23. The Morgan fingerprint density at radius 3 is 1.40 bits per heavy atom. The van der Waals surface area contributed by atoms with Crippen LogP contribution in [0.3, 0.4) is 0 Å². The highest BCUT2D eigenvalue weighted by atomic mass is 15.3. The van der Waals surface area contributed by atoms with Crippen LogP contribution in [0.1, 0.15) is 12.8 Å². The fraction of sp³-hybridized carbons (Fsp3) is 1.00. The average Bonchev–Trinajstić information content (AvgIpc) is 2.15. The van der Waals surface area contributed by atoms with Gasteiger partial charge in [-0.2, -0.15) is 0 Å². The zero-order valence-electron chi connectivity index (χ0n) is 10.5. The maximum Gasteiger partial charge on any atom is 0.0616 e. The van der Waals surface area contributed by atoms with Gasteiger partial charge >= 0.3 is 0 Å². The lowest BCUT2D eigenvalue weighted by Gasteiger charge is -2.33. The summed E-state index contributed by atoms with van der Waals surface area (Å²) in [6.07, 6.45) is 2.52. The molecule has 2 unspecified atom stereocenters. The molecule has 0 saturated heterocycles. The maximum atomic E-state index is 5.59. The summed E-state index contributed by atoms with van der Waals surface area (Å²) in [6, 6.07) is 0. The Labute approximate surface area is 93.8 Å². The number of nitrogens with zero attached hydrogens (tertiary/aromatic N) is 2. The molecule has 0 rings (SSSR count). The number of hydrogen-bond acceptors (Lipinski definition) is 5. The smallest absolute Gasteiger partial charge is 0.0616 e. The Morgan fingerprint density at radius 1 is 0.867 bits per heavy atom. The molecule has 0 amide bonds. The van der Waals surface area contributed by atoms with E-state index in [4.69, 9.17) is 11.5 Å². The van der Waals surface area contributed by atoms with Crippen molar-refractivity contribution in [1.82, 2.24) is 15.1 Å². The topological polar surface area (TPSA) is 70.5 Å². The van der Waals surface area contributed by atoms with E-state index >= 15 is 0 Å². The van der Waals surface area contributed by atoms with Gasteiger partial charge in [-0.25, -0.2) is 0 Å². The van der Waals surface area contributed by atoms with Gasteiger partial charge in [-0.1, -0.05) is 0 Å². The van der Waals surface area contributed by atoms with Crippen molar-refractivity contribution in [3.05, 3.63) is 0 Å². The van der Waals surface area contributed by atoms with E-state index in [9.17, 15) is 0 Å². The molecule has 2 atom stereocenters. The monoisotopic (exact) mass is 217 g/mol. The van der Waals surface area contributed by atoms with Crippen molar-refractivity contribution in [3.63, 3.8) is 0 Å². The first-order chi connectivity index (χ1) is 7.02. The highest BCUT2D eigenvalue weighted by molar-refractivity contribution is 4.71. The van der Waals surface area contributed by atoms with Crippen LogP contribution in [0.4, 0.5) is 0 Å². The molecule has 0 fully saturated rings. The van der Waals surface area contributed by atoms with Gasteiger partial charge in [-0.15, -0.1) is 0 Å². The molecule has 0 spiro atoms. The minimum Gasteiger partial charge on any atom is -0.330 e. The molecular weight excluding hydrogens is 190 g/mol. The second kappa shape index (κ2) is 8.01. The first kappa shape index (κ1) is 14.8. The van der Waals surface area contributed by atoms with E-state index < -0.39 is 0 Å². The lowest BCUT2D eigenvalue weighted by molar-refractivity contribution is 0.144. The Balaban J connectivity index is 4.19. The van der Waals surface area contributed by atoms with Crippen molar-refractivity contribution in [2.45, 2.75) is 25.2 Å². The summed E-state index contributed by atoms with van der Waals surface area (Å²) < 4.78 is 0. The second-order valence-corrected chi connectivity index (χ2v) is 4.28. The highest BCUT2D eigenvalue weighted by Gasteiger charge is 2.17. The molecular formula is C10H27N5. The van der Waals surface area contributed by atoms with Crippen molar-refractivity contribution in [2.75, 3.05) is 41.3 Å². The largest absolute Gasteiger partial charge is 0.330 e. The molecule has 92 valence electrons. The fourth-order valence-electron chi connectivity index (χ4n) is 1.52. The van der Waals surface area contributed by atoms with Crippen LogP contribution in [0.2, 0.25) is 0 Å². The minimum atomic E-state index is 0.314. The van der Waals surface area contributed by atoms with Gasteiger partial charge in [-0.3, -0.25) is 15.1 Å². The van der Waals surface area contributed by atoms with E-state index in [1.165, 1.54) is 0 Å². The van der Waals surface area contributed by atoms with Crippen LogP contribution in [0.15, 0.2) is 0 Å². The molecule has 0 aliphatic heterocycles. The number of hydrogen-bond donors (Lipinski definition) is 3.